The van der Waals surface area contributed by atoms with Gasteiger partial charge in [-0.2, -0.15) is 8.78 Å². The van der Waals surface area contributed by atoms with Crippen LogP contribution in [0.3, 0.4) is 0 Å². The number of hydrogen-bond acceptors (Lipinski definition) is 2. The highest BCUT2D eigenvalue weighted by Gasteiger charge is 2.15. The van der Waals surface area contributed by atoms with E-state index in [1.807, 2.05) is 36.4 Å². The molecule has 0 saturated carbocycles. The zero-order valence-electron chi connectivity index (χ0n) is 12.0. The number of thioether (sulfide) groups is 1. The summed E-state index contributed by atoms with van der Waals surface area (Å²) in [5.41, 5.74) is 0.899. The average molecular weight is 329 g/mol. The summed E-state index contributed by atoms with van der Waals surface area (Å²) in [6, 6.07) is 19.6. The second-order valence-corrected chi connectivity index (χ2v) is 5.89. The van der Waals surface area contributed by atoms with Gasteiger partial charge in [0.25, 0.3) is 11.7 Å². The van der Waals surface area contributed by atoms with Gasteiger partial charge in [-0.1, -0.05) is 60.3 Å². The summed E-state index contributed by atoms with van der Waals surface area (Å²) in [5, 5.41) is 4.72. The minimum atomic E-state index is -2.57. The molecule has 0 spiro atoms. The van der Waals surface area contributed by atoms with E-state index >= 15 is 0 Å². The van der Waals surface area contributed by atoms with Crippen molar-refractivity contribution in [3.8, 4) is 0 Å². The lowest BCUT2D eigenvalue weighted by atomic mass is 10.1. The van der Waals surface area contributed by atoms with E-state index in [4.69, 9.17) is 0 Å². The first-order valence-corrected chi connectivity index (χ1v) is 7.86. The number of rotatable bonds is 4. The number of anilines is 1. The van der Waals surface area contributed by atoms with Gasteiger partial charge in [-0.15, -0.1) is 0 Å². The van der Waals surface area contributed by atoms with Gasteiger partial charge in [0.2, 0.25) is 0 Å². The topological polar surface area (TPSA) is 29.1 Å². The van der Waals surface area contributed by atoms with Gasteiger partial charge in [0.15, 0.2) is 0 Å². The summed E-state index contributed by atoms with van der Waals surface area (Å²) < 4.78 is 25.3. The highest BCUT2D eigenvalue weighted by molar-refractivity contribution is 7.99. The van der Waals surface area contributed by atoms with Crippen molar-refractivity contribution >= 4 is 34.1 Å². The molecule has 3 rings (SSSR count). The fourth-order valence-electron chi connectivity index (χ4n) is 2.38. The molecule has 0 bridgehead atoms. The molecule has 0 aliphatic heterocycles. The van der Waals surface area contributed by atoms with Crippen LogP contribution in [0.4, 0.5) is 14.5 Å². The Morgan fingerprint density at radius 1 is 0.913 bits per heavy atom. The molecule has 23 heavy (non-hydrogen) atoms. The summed E-state index contributed by atoms with van der Waals surface area (Å²) in [4.78, 5) is 12.8. The maximum atomic E-state index is 12.6. The van der Waals surface area contributed by atoms with Crippen LogP contribution in [-0.2, 0) is 0 Å². The van der Waals surface area contributed by atoms with Crippen LogP contribution in [0.25, 0.3) is 10.8 Å². The normalized spacial score (nSPS) is 10.9. The Hall–Kier alpha value is -2.40. The third-order valence-corrected chi connectivity index (χ3v) is 4.17. The SMILES string of the molecule is O=C(Nc1cccc2ccccc12)c1ccccc1SC(F)F. The molecule has 0 fully saturated rings. The van der Waals surface area contributed by atoms with E-state index in [1.165, 1.54) is 6.07 Å². The highest BCUT2D eigenvalue weighted by Crippen LogP contribution is 2.29. The zero-order chi connectivity index (χ0) is 16.2. The molecule has 0 aliphatic rings. The van der Waals surface area contributed by atoms with Crippen LogP contribution in [0.5, 0.6) is 0 Å². The molecule has 0 aliphatic carbocycles. The molecule has 0 aromatic heterocycles. The number of carbonyl (C=O) groups is 1. The van der Waals surface area contributed by atoms with E-state index in [9.17, 15) is 13.6 Å². The Kier molecular flexibility index (Phi) is 4.57. The number of hydrogen-bond donors (Lipinski definition) is 1. The molecule has 2 nitrogen and oxygen atoms in total. The first-order chi connectivity index (χ1) is 11.1. The largest absolute Gasteiger partial charge is 0.321 e. The van der Waals surface area contributed by atoms with E-state index in [2.05, 4.69) is 5.32 Å². The van der Waals surface area contributed by atoms with Crippen LogP contribution >= 0.6 is 11.8 Å². The first kappa shape index (κ1) is 15.5. The number of amides is 1. The second-order valence-electron chi connectivity index (χ2n) is 4.86. The Balaban J connectivity index is 1.93. The lowest BCUT2D eigenvalue weighted by Gasteiger charge is -2.11. The maximum Gasteiger partial charge on any atom is 0.288 e. The first-order valence-electron chi connectivity index (χ1n) is 6.98. The molecule has 0 heterocycles. The number of fused-ring (bicyclic) bond motifs is 1. The van der Waals surface area contributed by atoms with Gasteiger partial charge in [0.1, 0.15) is 0 Å². The molecular weight excluding hydrogens is 316 g/mol. The summed E-state index contributed by atoms with van der Waals surface area (Å²) in [5.74, 6) is -2.97. The molecule has 116 valence electrons. The predicted octanol–water partition coefficient (Wildman–Crippen LogP) is 5.41. The number of benzene rings is 3. The zero-order valence-corrected chi connectivity index (χ0v) is 12.8. The van der Waals surface area contributed by atoms with Crippen LogP contribution < -0.4 is 5.32 Å². The van der Waals surface area contributed by atoms with Crippen LogP contribution in [-0.4, -0.2) is 11.7 Å². The number of alkyl halides is 2. The average Bonchev–Trinajstić information content (AvgIpc) is 2.55. The second kappa shape index (κ2) is 6.79. The van der Waals surface area contributed by atoms with Crippen molar-refractivity contribution in [3.05, 3.63) is 72.3 Å². The summed E-state index contributed by atoms with van der Waals surface area (Å²) >= 11 is 0.373. The van der Waals surface area contributed by atoms with Gasteiger partial charge in [-0.3, -0.25) is 4.79 Å². The molecule has 0 unspecified atom stereocenters. The fraction of sp³-hybridized carbons (Fsp3) is 0.0556. The van der Waals surface area contributed by atoms with Gasteiger partial charge in [0.05, 0.1) is 5.56 Å². The van der Waals surface area contributed by atoms with Crippen molar-refractivity contribution in [1.29, 1.82) is 0 Å². The lowest BCUT2D eigenvalue weighted by Crippen LogP contribution is -2.13. The third-order valence-electron chi connectivity index (χ3n) is 3.39. The summed E-state index contributed by atoms with van der Waals surface area (Å²) in [6.45, 7) is 0. The molecule has 3 aromatic carbocycles. The van der Waals surface area contributed by atoms with Gasteiger partial charge in [-0.25, -0.2) is 0 Å². The van der Waals surface area contributed by atoms with Crippen molar-refractivity contribution in [2.45, 2.75) is 10.7 Å². The Labute approximate surface area is 136 Å². The van der Waals surface area contributed by atoms with Crippen LogP contribution in [0.15, 0.2) is 71.6 Å². The maximum absolute atomic E-state index is 12.6. The van der Waals surface area contributed by atoms with E-state index in [0.717, 1.165) is 10.8 Å². The third kappa shape index (κ3) is 3.51. The standard InChI is InChI=1S/C18H13F2NOS/c19-18(20)23-16-11-4-3-9-14(16)17(22)21-15-10-5-7-12-6-1-2-8-13(12)15/h1-11,18H,(H,21,22). The van der Waals surface area contributed by atoms with Crippen LogP contribution in [0.1, 0.15) is 10.4 Å². The molecule has 1 N–H and O–H groups in total. The quantitative estimate of drug-likeness (QED) is 0.649. The predicted molar refractivity (Wildman–Crippen MR) is 90.2 cm³/mol. The fourth-order valence-corrected chi connectivity index (χ4v) is 3.01. The Morgan fingerprint density at radius 3 is 2.43 bits per heavy atom. The van der Waals surface area contributed by atoms with E-state index < -0.39 is 11.7 Å². The molecule has 0 radical (unpaired) electrons. The monoisotopic (exact) mass is 329 g/mol. The lowest BCUT2D eigenvalue weighted by molar-refractivity contribution is 0.102. The highest BCUT2D eigenvalue weighted by atomic mass is 32.2. The molecule has 0 saturated heterocycles. The van der Waals surface area contributed by atoms with Crippen molar-refractivity contribution in [2.75, 3.05) is 5.32 Å². The van der Waals surface area contributed by atoms with Crippen molar-refractivity contribution in [3.63, 3.8) is 0 Å². The Bertz CT molecular complexity index is 846. The van der Waals surface area contributed by atoms with Crippen molar-refractivity contribution in [1.82, 2.24) is 0 Å². The molecule has 1 amide bonds. The summed E-state index contributed by atoms with van der Waals surface area (Å²) in [7, 11) is 0. The van der Waals surface area contributed by atoms with Crippen molar-refractivity contribution < 1.29 is 13.6 Å². The van der Waals surface area contributed by atoms with Gasteiger partial charge >= 0.3 is 0 Å². The van der Waals surface area contributed by atoms with E-state index in [0.29, 0.717) is 17.4 Å². The van der Waals surface area contributed by atoms with Gasteiger partial charge in [-0.05, 0) is 23.6 Å². The number of carbonyl (C=O) groups excluding carboxylic acids is 1. The molecular formula is C18H13F2NOS. The van der Waals surface area contributed by atoms with E-state index in [1.54, 1.807) is 24.3 Å². The number of nitrogens with one attached hydrogen (secondary N) is 1. The van der Waals surface area contributed by atoms with Crippen LogP contribution in [0, 0.1) is 0 Å². The summed E-state index contributed by atoms with van der Waals surface area (Å²) in [6.07, 6.45) is 0. The minimum Gasteiger partial charge on any atom is -0.321 e. The molecule has 5 heteroatoms. The van der Waals surface area contributed by atoms with Gasteiger partial charge < -0.3 is 5.32 Å². The van der Waals surface area contributed by atoms with Gasteiger partial charge in [0, 0.05) is 16.0 Å². The molecule has 3 aromatic rings. The minimum absolute atomic E-state index is 0.241. The number of halogens is 2. The smallest absolute Gasteiger partial charge is 0.288 e. The van der Waals surface area contributed by atoms with E-state index in [-0.39, 0.29) is 10.5 Å². The molecule has 0 atom stereocenters. The van der Waals surface area contributed by atoms with Crippen LogP contribution in [0.2, 0.25) is 0 Å². The Morgan fingerprint density at radius 2 is 1.61 bits per heavy atom. The van der Waals surface area contributed by atoms with Crippen molar-refractivity contribution in [2.24, 2.45) is 0 Å².